The van der Waals surface area contributed by atoms with E-state index in [-0.39, 0.29) is 17.3 Å². The molecule has 0 aliphatic rings. The Morgan fingerprint density at radius 1 is 1.52 bits per heavy atom. The van der Waals surface area contributed by atoms with Crippen LogP contribution in [0.2, 0.25) is 0 Å². The maximum absolute atomic E-state index is 12.0. The number of aryl methyl sites for hydroxylation is 1. The van der Waals surface area contributed by atoms with Gasteiger partial charge in [-0.1, -0.05) is 23.9 Å². The normalized spacial score (nSPS) is 10.3. The Morgan fingerprint density at radius 2 is 2.30 bits per heavy atom. The molecule has 0 unspecified atom stereocenters. The van der Waals surface area contributed by atoms with Crippen molar-refractivity contribution >= 4 is 29.0 Å². The van der Waals surface area contributed by atoms with Crippen molar-refractivity contribution in [1.82, 2.24) is 14.8 Å². The molecule has 0 saturated heterocycles. The van der Waals surface area contributed by atoms with Crippen LogP contribution >= 0.6 is 11.8 Å². The number of anilines is 1. The van der Waals surface area contributed by atoms with E-state index >= 15 is 0 Å². The predicted octanol–water partition coefficient (Wildman–Crippen LogP) is 2.41. The Morgan fingerprint density at radius 3 is 3.00 bits per heavy atom. The van der Waals surface area contributed by atoms with Crippen LogP contribution in [0, 0.1) is 17.0 Å². The highest BCUT2D eigenvalue weighted by Gasteiger charge is 2.12. The molecule has 2 aromatic rings. The van der Waals surface area contributed by atoms with Gasteiger partial charge in [0.25, 0.3) is 5.69 Å². The largest absolute Gasteiger partial charge is 0.325 e. The summed E-state index contributed by atoms with van der Waals surface area (Å²) in [5.41, 5.74) is 0.311. The summed E-state index contributed by atoms with van der Waals surface area (Å²) in [7, 11) is 0. The summed E-state index contributed by atoms with van der Waals surface area (Å²) in [4.78, 5) is 22.2. The molecule has 0 fully saturated rings. The van der Waals surface area contributed by atoms with Gasteiger partial charge in [-0.2, -0.15) is 0 Å². The van der Waals surface area contributed by atoms with E-state index in [4.69, 9.17) is 0 Å². The minimum Gasteiger partial charge on any atom is -0.325 e. The third kappa shape index (κ3) is 4.39. The first-order valence-corrected chi connectivity index (χ1v) is 7.67. The summed E-state index contributed by atoms with van der Waals surface area (Å²) in [6.45, 7) is 6.06. The Kier molecular flexibility index (Phi) is 5.47. The molecule has 0 atom stereocenters. The van der Waals surface area contributed by atoms with Gasteiger partial charge in [-0.15, -0.1) is 16.8 Å². The first kappa shape index (κ1) is 16.7. The van der Waals surface area contributed by atoms with Gasteiger partial charge in [0, 0.05) is 24.4 Å². The smallest absolute Gasteiger partial charge is 0.271 e. The van der Waals surface area contributed by atoms with E-state index in [9.17, 15) is 14.9 Å². The SMILES string of the molecule is C=CCn1c(C)nnc1SCC(=O)Nc1cccc([N+](=O)[O-])c1. The molecular formula is C14H15N5O3S. The fourth-order valence-corrected chi connectivity index (χ4v) is 2.63. The lowest BCUT2D eigenvalue weighted by atomic mass is 10.3. The molecule has 0 aliphatic carbocycles. The molecule has 1 aromatic carbocycles. The number of nitro benzene ring substituents is 1. The van der Waals surface area contributed by atoms with Crippen LogP contribution in [0.1, 0.15) is 5.82 Å². The molecule has 23 heavy (non-hydrogen) atoms. The van der Waals surface area contributed by atoms with Crippen LogP contribution < -0.4 is 5.32 Å². The molecule has 1 amide bonds. The highest BCUT2D eigenvalue weighted by atomic mass is 32.2. The number of allylic oxidation sites excluding steroid dienone is 1. The van der Waals surface area contributed by atoms with Gasteiger partial charge in [0.05, 0.1) is 10.7 Å². The lowest BCUT2D eigenvalue weighted by Crippen LogP contribution is -2.14. The van der Waals surface area contributed by atoms with Crippen molar-refractivity contribution in [3.8, 4) is 0 Å². The molecule has 1 heterocycles. The Balaban J connectivity index is 1.97. The van der Waals surface area contributed by atoms with Crippen LogP contribution in [0.5, 0.6) is 0 Å². The van der Waals surface area contributed by atoms with E-state index < -0.39 is 4.92 Å². The second-order valence-electron chi connectivity index (χ2n) is 4.57. The highest BCUT2D eigenvalue weighted by molar-refractivity contribution is 7.99. The first-order chi connectivity index (χ1) is 11.0. The molecule has 0 saturated carbocycles. The van der Waals surface area contributed by atoms with E-state index in [0.29, 0.717) is 17.4 Å². The summed E-state index contributed by atoms with van der Waals surface area (Å²) < 4.78 is 1.85. The van der Waals surface area contributed by atoms with Crippen LogP contribution in [0.25, 0.3) is 0 Å². The van der Waals surface area contributed by atoms with Crippen molar-refractivity contribution in [2.24, 2.45) is 0 Å². The lowest BCUT2D eigenvalue weighted by Gasteiger charge is -2.06. The zero-order valence-corrected chi connectivity index (χ0v) is 13.2. The van der Waals surface area contributed by atoms with Gasteiger partial charge in [-0.05, 0) is 13.0 Å². The number of hydrogen-bond donors (Lipinski definition) is 1. The molecule has 8 nitrogen and oxygen atoms in total. The second-order valence-corrected chi connectivity index (χ2v) is 5.52. The van der Waals surface area contributed by atoms with E-state index in [1.165, 1.54) is 30.0 Å². The number of benzene rings is 1. The molecule has 0 aliphatic heterocycles. The summed E-state index contributed by atoms with van der Waals surface area (Å²) in [6.07, 6.45) is 1.73. The van der Waals surface area contributed by atoms with E-state index in [1.54, 1.807) is 12.1 Å². The average Bonchev–Trinajstić information content (AvgIpc) is 2.86. The molecule has 0 radical (unpaired) electrons. The predicted molar refractivity (Wildman–Crippen MR) is 87.4 cm³/mol. The zero-order chi connectivity index (χ0) is 16.8. The number of aromatic nitrogens is 3. The van der Waals surface area contributed by atoms with Crippen LogP contribution in [0.3, 0.4) is 0 Å². The van der Waals surface area contributed by atoms with Crippen molar-refractivity contribution < 1.29 is 9.72 Å². The van der Waals surface area contributed by atoms with Crippen molar-refractivity contribution in [1.29, 1.82) is 0 Å². The number of nitrogens with zero attached hydrogens (tertiary/aromatic N) is 4. The monoisotopic (exact) mass is 333 g/mol. The van der Waals surface area contributed by atoms with Gasteiger partial charge in [0.1, 0.15) is 5.82 Å². The van der Waals surface area contributed by atoms with E-state index in [1.807, 2.05) is 11.5 Å². The van der Waals surface area contributed by atoms with E-state index in [2.05, 4.69) is 22.1 Å². The third-order valence-corrected chi connectivity index (χ3v) is 3.85. The molecule has 0 bridgehead atoms. The maximum atomic E-state index is 12.0. The Bertz CT molecular complexity index is 744. The number of nitro groups is 1. The van der Waals surface area contributed by atoms with Gasteiger partial charge in [-0.3, -0.25) is 14.9 Å². The number of carbonyl (C=O) groups excluding carboxylic acids is 1. The molecule has 1 N–H and O–H groups in total. The van der Waals surface area contributed by atoms with E-state index in [0.717, 1.165) is 5.82 Å². The molecular weight excluding hydrogens is 318 g/mol. The van der Waals surface area contributed by atoms with Crippen molar-refractivity contribution in [3.05, 3.63) is 52.9 Å². The second kappa shape index (κ2) is 7.54. The zero-order valence-electron chi connectivity index (χ0n) is 12.4. The van der Waals surface area contributed by atoms with Crippen LogP contribution in [-0.2, 0) is 11.3 Å². The molecule has 0 spiro atoms. The van der Waals surface area contributed by atoms with Crippen molar-refractivity contribution in [2.75, 3.05) is 11.1 Å². The standard InChI is InChI=1S/C14H15N5O3S/c1-3-7-18-10(2)16-17-14(18)23-9-13(20)15-11-5-4-6-12(8-11)19(21)22/h3-6,8H,1,7,9H2,2H3,(H,15,20). The minimum absolute atomic E-state index is 0.0724. The van der Waals surface area contributed by atoms with Crippen molar-refractivity contribution in [2.45, 2.75) is 18.6 Å². The number of amides is 1. The number of nitrogens with one attached hydrogen (secondary N) is 1. The van der Waals surface area contributed by atoms with Crippen LogP contribution in [-0.4, -0.2) is 31.3 Å². The minimum atomic E-state index is -0.509. The summed E-state index contributed by atoms with van der Waals surface area (Å²) >= 11 is 1.24. The number of non-ortho nitro benzene ring substituents is 1. The summed E-state index contributed by atoms with van der Waals surface area (Å²) in [5, 5.41) is 21.9. The van der Waals surface area contributed by atoms with Gasteiger partial charge in [0.2, 0.25) is 5.91 Å². The molecule has 9 heteroatoms. The van der Waals surface area contributed by atoms with Crippen LogP contribution in [0.15, 0.2) is 42.1 Å². The van der Waals surface area contributed by atoms with Gasteiger partial charge >= 0.3 is 0 Å². The molecule has 120 valence electrons. The molecule has 2 rings (SSSR count). The van der Waals surface area contributed by atoms with Gasteiger partial charge < -0.3 is 9.88 Å². The molecule has 1 aromatic heterocycles. The fraction of sp³-hybridized carbons (Fsp3) is 0.214. The average molecular weight is 333 g/mol. The highest BCUT2D eigenvalue weighted by Crippen LogP contribution is 2.19. The summed E-state index contributed by atoms with van der Waals surface area (Å²) in [6, 6.07) is 5.79. The number of thioether (sulfide) groups is 1. The fourth-order valence-electron chi connectivity index (χ4n) is 1.83. The lowest BCUT2D eigenvalue weighted by molar-refractivity contribution is -0.384. The number of rotatable bonds is 7. The Labute approximate surface area is 136 Å². The summed E-state index contributed by atoms with van der Waals surface area (Å²) in [5.74, 6) is 0.589. The quantitative estimate of drug-likeness (QED) is 0.361. The Hall–Kier alpha value is -2.68. The number of hydrogen-bond acceptors (Lipinski definition) is 6. The van der Waals surface area contributed by atoms with Gasteiger partial charge in [0.15, 0.2) is 5.16 Å². The van der Waals surface area contributed by atoms with Crippen molar-refractivity contribution in [3.63, 3.8) is 0 Å². The van der Waals surface area contributed by atoms with Crippen LogP contribution in [0.4, 0.5) is 11.4 Å². The maximum Gasteiger partial charge on any atom is 0.271 e. The topological polar surface area (TPSA) is 103 Å². The number of carbonyl (C=O) groups is 1. The third-order valence-electron chi connectivity index (χ3n) is 2.89. The van der Waals surface area contributed by atoms with Gasteiger partial charge in [-0.25, -0.2) is 0 Å². The first-order valence-electron chi connectivity index (χ1n) is 6.69.